The number of hydrogen-bond acceptors (Lipinski definition) is 7. The van der Waals surface area contributed by atoms with Gasteiger partial charge in [0.25, 0.3) is 0 Å². The molecule has 7 nitrogen and oxygen atoms in total. The van der Waals surface area contributed by atoms with Gasteiger partial charge < -0.3 is 14.6 Å². The molecule has 1 fully saturated rings. The lowest BCUT2D eigenvalue weighted by atomic mass is 9.97. The molecule has 126 valence electrons. The average molecular weight is 344 g/mol. The maximum absolute atomic E-state index is 9.34. The van der Waals surface area contributed by atoms with E-state index in [0.29, 0.717) is 11.7 Å². The van der Waals surface area contributed by atoms with Crippen LogP contribution in [0.4, 0.5) is 5.82 Å². The Bertz CT molecular complexity index is 873. The van der Waals surface area contributed by atoms with E-state index in [4.69, 9.17) is 4.98 Å². The molecule has 1 atom stereocenters. The second-order valence-electron chi connectivity index (χ2n) is 6.21. The van der Waals surface area contributed by atoms with Gasteiger partial charge in [0.1, 0.15) is 28.9 Å². The van der Waals surface area contributed by atoms with E-state index < -0.39 is 0 Å². The van der Waals surface area contributed by atoms with Crippen molar-refractivity contribution < 1.29 is 5.11 Å². The van der Waals surface area contributed by atoms with Crippen LogP contribution >= 0.6 is 11.3 Å². The molecule has 0 radical (unpaired) electrons. The number of aliphatic hydroxyl groups is 1. The van der Waals surface area contributed by atoms with Crippen LogP contribution in [-0.4, -0.2) is 42.9 Å². The van der Waals surface area contributed by atoms with Crippen molar-refractivity contribution in [3.8, 4) is 0 Å². The summed E-state index contributed by atoms with van der Waals surface area (Å²) >= 11 is 1.65. The van der Waals surface area contributed by atoms with Crippen LogP contribution in [0.25, 0.3) is 10.2 Å². The van der Waals surface area contributed by atoms with Gasteiger partial charge in [-0.3, -0.25) is 0 Å². The van der Waals surface area contributed by atoms with Crippen molar-refractivity contribution in [1.29, 1.82) is 0 Å². The number of hydrogen-bond donors (Lipinski definition) is 1. The van der Waals surface area contributed by atoms with Gasteiger partial charge in [-0.1, -0.05) is 0 Å². The molecule has 4 rings (SSSR count). The van der Waals surface area contributed by atoms with Crippen LogP contribution in [0.15, 0.2) is 11.4 Å². The molecule has 0 saturated carbocycles. The fraction of sp³-hybridized carbons (Fsp3) is 0.500. The largest absolute Gasteiger partial charge is 0.388 e. The second kappa shape index (κ2) is 6.10. The van der Waals surface area contributed by atoms with Gasteiger partial charge >= 0.3 is 0 Å². The zero-order valence-electron chi connectivity index (χ0n) is 13.8. The zero-order valence-corrected chi connectivity index (χ0v) is 14.6. The topological polar surface area (TPSA) is 80.0 Å². The molecule has 4 heterocycles. The number of aryl methyl sites for hydroxylation is 1. The minimum absolute atomic E-state index is 0.0828. The van der Waals surface area contributed by atoms with Crippen molar-refractivity contribution in [1.82, 2.24) is 24.7 Å². The van der Waals surface area contributed by atoms with Crippen molar-refractivity contribution >= 4 is 27.4 Å². The molecule has 1 N–H and O–H groups in total. The molecule has 0 spiro atoms. The molecular weight excluding hydrogens is 324 g/mol. The van der Waals surface area contributed by atoms with Crippen molar-refractivity contribution in [3.63, 3.8) is 0 Å². The predicted octanol–water partition coefficient (Wildman–Crippen LogP) is 2.00. The molecule has 0 bridgehead atoms. The van der Waals surface area contributed by atoms with Crippen LogP contribution in [0.5, 0.6) is 0 Å². The molecule has 0 aromatic carbocycles. The molecule has 1 aliphatic heterocycles. The Balaban J connectivity index is 1.67. The summed E-state index contributed by atoms with van der Waals surface area (Å²) in [6, 6.07) is 2.10. The molecule has 1 aliphatic rings. The minimum atomic E-state index is -0.0828. The number of piperidine rings is 1. The highest BCUT2D eigenvalue weighted by Crippen LogP contribution is 2.33. The Kier molecular flexibility index (Phi) is 3.93. The van der Waals surface area contributed by atoms with Gasteiger partial charge in [0.05, 0.1) is 5.39 Å². The van der Waals surface area contributed by atoms with Gasteiger partial charge in [-0.05, 0) is 31.2 Å². The van der Waals surface area contributed by atoms with E-state index in [0.717, 1.165) is 53.6 Å². The molecule has 0 aliphatic carbocycles. The summed E-state index contributed by atoms with van der Waals surface area (Å²) in [4.78, 5) is 12.6. The first-order valence-corrected chi connectivity index (χ1v) is 9.01. The third-order valence-electron chi connectivity index (χ3n) is 4.64. The van der Waals surface area contributed by atoms with Crippen LogP contribution in [0.2, 0.25) is 0 Å². The Hall–Kier alpha value is -2.06. The SMILES string of the molecule is Cc1nc(N2CCCC(c3nnc(CO)n3C)C2)c2ccsc2n1. The van der Waals surface area contributed by atoms with E-state index in [1.54, 1.807) is 11.3 Å². The van der Waals surface area contributed by atoms with E-state index in [-0.39, 0.29) is 6.61 Å². The number of nitrogens with zero attached hydrogens (tertiary/aromatic N) is 6. The number of aromatic nitrogens is 5. The lowest BCUT2D eigenvalue weighted by Crippen LogP contribution is -2.36. The number of anilines is 1. The Morgan fingerprint density at radius 3 is 3.00 bits per heavy atom. The van der Waals surface area contributed by atoms with Gasteiger partial charge in [0.2, 0.25) is 0 Å². The van der Waals surface area contributed by atoms with Gasteiger partial charge in [0.15, 0.2) is 5.82 Å². The third-order valence-corrected chi connectivity index (χ3v) is 5.45. The van der Waals surface area contributed by atoms with Crippen molar-refractivity contribution in [2.45, 2.75) is 32.3 Å². The molecular formula is C16H20N6OS. The summed E-state index contributed by atoms with van der Waals surface area (Å²) < 4.78 is 1.92. The number of thiophene rings is 1. The highest BCUT2D eigenvalue weighted by atomic mass is 32.1. The molecule has 8 heteroatoms. The van der Waals surface area contributed by atoms with Gasteiger partial charge in [-0.25, -0.2) is 9.97 Å². The highest BCUT2D eigenvalue weighted by Gasteiger charge is 2.27. The summed E-state index contributed by atoms with van der Waals surface area (Å²) in [6.07, 6.45) is 2.16. The number of aliphatic hydroxyl groups excluding tert-OH is 1. The van der Waals surface area contributed by atoms with E-state index in [1.807, 2.05) is 18.5 Å². The first-order chi connectivity index (χ1) is 11.7. The van der Waals surface area contributed by atoms with E-state index in [9.17, 15) is 5.11 Å². The van der Waals surface area contributed by atoms with Crippen molar-refractivity contribution in [2.75, 3.05) is 18.0 Å². The number of rotatable bonds is 3. The van der Waals surface area contributed by atoms with E-state index in [2.05, 4.69) is 31.5 Å². The van der Waals surface area contributed by atoms with E-state index in [1.165, 1.54) is 0 Å². The zero-order chi connectivity index (χ0) is 16.7. The molecule has 24 heavy (non-hydrogen) atoms. The van der Waals surface area contributed by atoms with E-state index >= 15 is 0 Å². The quantitative estimate of drug-likeness (QED) is 0.783. The Morgan fingerprint density at radius 2 is 2.21 bits per heavy atom. The van der Waals surface area contributed by atoms with Crippen LogP contribution in [-0.2, 0) is 13.7 Å². The molecule has 0 amide bonds. The summed E-state index contributed by atoms with van der Waals surface area (Å²) in [5, 5.41) is 20.9. The summed E-state index contributed by atoms with van der Waals surface area (Å²) in [7, 11) is 1.92. The molecule has 3 aromatic heterocycles. The van der Waals surface area contributed by atoms with Crippen LogP contribution < -0.4 is 4.90 Å². The van der Waals surface area contributed by atoms with Crippen LogP contribution in [0, 0.1) is 6.92 Å². The van der Waals surface area contributed by atoms with Gasteiger partial charge in [-0.2, -0.15) is 0 Å². The monoisotopic (exact) mass is 344 g/mol. The molecule has 3 aromatic rings. The lowest BCUT2D eigenvalue weighted by molar-refractivity contribution is 0.266. The third kappa shape index (κ3) is 2.55. The van der Waals surface area contributed by atoms with Gasteiger partial charge in [0, 0.05) is 26.1 Å². The smallest absolute Gasteiger partial charge is 0.158 e. The van der Waals surface area contributed by atoms with Crippen molar-refractivity contribution in [3.05, 3.63) is 28.9 Å². The highest BCUT2D eigenvalue weighted by molar-refractivity contribution is 7.16. The van der Waals surface area contributed by atoms with Crippen LogP contribution in [0.3, 0.4) is 0 Å². The van der Waals surface area contributed by atoms with Gasteiger partial charge in [-0.15, -0.1) is 21.5 Å². The van der Waals surface area contributed by atoms with Crippen molar-refractivity contribution in [2.24, 2.45) is 7.05 Å². The van der Waals surface area contributed by atoms with Crippen LogP contribution in [0.1, 0.15) is 36.2 Å². The standard InChI is InChI=1S/C16H20N6OS/c1-10-17-15(12-5-7-24-16(12)18-10)22-6-3-4-11(8-22)14-20-19-13(9-23)21(14)2/h5,7,11,23H,3-4,6,8-9H2,1-2H3. The lowest BCUT2D eigenvalue weighted by Gasteiger charge is -2.33. The predicted molar refractivity (Wildman–Crippen MR) is 93.3 cm³/mol. The normalized spacial score (nSPS) is 18.5. The second-order valence-corrected chi connectivity index (χ2v) is 7.11. The summed E-state index contributed by atoms with van der Waals surface area (Å²) in [6.45, 7) is 3.71. The average Bonchev–Trinajstić information content (AvgIpc) is 3.20. The number of fused-ring (bicyclic) bond motifs is 1. The first-order valence-electron chi connectivity index (χ1n) is 8.13. The molecule has 1 saturated heterocycles. The Morgan fingerprint density at radius 1 is 1.33 bits per heavy atom. The fourth-order valence-corrected chi connectivity index (χ4v) is 4.24. The summed E-state index contributed by atoms with van der Waals surface area (Å²) in [5.74, 6) is 3.67. The Labute approximate surface area is 144 Å². The molecule has 1 unspecified atom stereocenters. The minimum Gasteiger partial charge on any atom is -0.388 e. The fourth-order valence-electron chi connectivity index (χ4n) is 3.43. The first kappa shape index (κ1) is 15.5. The summed E-state index contributed by atoms with van der Waals surface area (Å²) in [5.41, 5.74) is 0. The maximum Gasteiger partial charge on any atom is 0.158 e. The maximum atomic E-state index is 9.34.